The molecule has 1 heterocycles. The summed E-state index contributed by atoms with van der Waals surface area (Å²) in [6, 6.07) is 8.95. The molecule has 0 bridgehead atoms. The highest BCUT2D eigenvalue weighted by Crippen LogP contribution is 2.29. The van der Waals surface area contributed by atoms with Crippen molar-refractivity contribution in [3.63, 3.8) is 0 Å². The van der Waals surface area contributed by atoms with E-state index in [9.17, 15) is 13.2 Å². The van der Waals surface area contributed by atoms with Crippen LogP contribution in [0.5, 0.6) is 11.5 Å². The Hall–Kier alpha value is -1.68. The number of nitrogens with zero attached hydrogens (tertiary/aromatic N) is 2. The highest BCUT2D eigenvalue weighted by molar-refractivity contribution is 14.1. The van der Waals surface area contributed by atoms with Gasteiger partial charge < -0.3 is 15.2 Å². The highest BCUT2D eigenvalue weighted by Gasteiger charge is 2.26. The first-order valence-electron chi connectivity index (χ1n) is 7.78. The van der Waals surface area contributed by atoms with Gasteiger partial charge in [-0.1, -0.05) is 0 Å². The molecule has 0 aliphatic heterocycles. The number of hydrogen-bond acceptors (Lipinski definition) is 6. The maximum atomic E-state index is 14.5. The Balaban J connectivity index is 1.70. The average Bonchev–Trinajstić information content (AvgIpc) is 3.09. The van der Waals surface area contributed by atoms with E-state index in [0.717, 1.165) is 34.1 Å². The Bertz CT molecular complexity index is 1040. The molecule has 3 rings (SSSR count). The molecular weight excluding hydrogens is 635 g/mol. The predicted molar refractivity (Wildman–Crippen MR) is 119 cm³/mol. The minimum Gasteiger partial charge on any atom is -0.483 e. The smallest absolute Gasteiger partial charge is 0.451 e. The molecule has 0 atom stereocenters. The summed E-state index contributed by atoms with van der Waals surface area (Å²) in [4.78, 5) is 4.31. The van der Waals surface area contributed by atoms with Crippen molar-refractivity contribution in [2.75, 3.05) is 0 Å². The summed E-state index contributed by atoms with van der Waals surface area (Å²) < 4.78 is 51.5. The van der Waals surface area contributed by atoms with E-state index >= 15 is 0 Å². The van der Waals surface area contributed by atoms with Crippen molar-refractivity contribution >= 4 is 62.5 Å². The zero-order valence-corrected chi connectivity index (χ0v) is 19.4. The molecule has 29 heavy (non-hydrogen) atoms. The van der Waals surface area contributed by atoms with E-state index in [1.54, 1.807) is 18.2 Å². The van der Waals surface area contributed by atoms with Crippen molar-refractivity contribution in [2.24, 2.45) is 5.73 Å². The van der Waals surface area contributed by atoms with E-state index < -0.39 is 9.93 Å². The summed E-state index contributed by atoms with van der Waals surface area (Å²) in [5.74, 6) is -0.745. The first-order valence-corrected chi connectivity index (χ1v) is 10.7. The molecule has 1 aromatic heterocycles. The molecule has 6 nitrogen and oxygen atoms in total. The summed E-state index contributed by atoms with van der Waals surface area (Å²) in [6.07, 6.45) is 0. The Kier molecular flexibility index (Phi) is 6.83. The Morgan fingerprint density at radius 3 is 2.52 bits per heavy atom. The fourth-order valence-corrected chi connectivity index (χ4v) is 3.81. The molecule has 3 N–H and O–H groups in total. The van der Waals surface area contributed by atoms with Crippen molar-refractivity contribution in [1.29, 1.82) is 5.41 Å². The first-order chi connectivity index (χ1) is 13.6. The van der Waals surface area contributed by atoms with Crippen LogP contribution in [0.2, 0.25) is 0 Å². The summed E-state index contributed by atoms with van der Waals surface area (Å²) in [5, 5.41) is 7.97. The second-order valence-corrected chi connectivity index (χ2v) is 8.78. The maximum absolute atomic E-state index is 14.5. The number of rotatable bonds is 7. The monoisotopic (exact) mass is 646 g/mol. The van der Waals surface area contributed by atoms with Crippen molar-refractivity contribution in [1.82, 2.24) is 9.36 Å². The van der Waals surface area contributed by atoms with Crippen molar-refractivity contribution in [3.05, 3.63) is 56.4 Å². The topological polar surface area (TPSA) is 94.1 Å². The normalized spacial score (nSPS) is 11.3. The molecule has 0 saturated carbocycles. The Morgan fingerprint density at radius 1 is 1.21 bits per heavy atom. The largest absolute Gasteiger partial charge is 0.483 e. The zero-order valence-electron chi connectivity index (χ0n) is 14.3. The lowest BCUT2D eigenvalue weighted by Crippen LogP contribution is -2.16. The van der Waals surface area contributed by atoms with Gasteiger partial charge in [0.05, 0.1) is 28.2 Å². The van der Waals surface area contributed by atoms with Gasteiger partial charge in [-0.15, -0.1) is 0 Å². The van der Waals surface area contributed by atoms with Crippen LogP contribution < -0.4 is 15.2 Å². The van der Waals surface area contributed by atoms with Gasteiger partial charge in [0, 0.05) is 9.13 Å². The molecule has 3 aromatic rings. The lowest BCUT2D eigenvalue weighted by Gasteiger charge is -2.11. The minimum absolute atomic E-state index is 0.0135. The van der Waals surface area contributed by atoms with Gasteiger partial charge in [-0.2, -0.15) is 13.2 Å². The SMILES string of the molecule is N=C(N)c1c(I)ccc(OCc2nc(-c3ccc(OC(F)(F)I)cc3)ns2)c1F. The zero-order chi connectivity index (χ0) is 21.2. The number of ether oxygens (including phenoxy) is 2. The molecule has 2 aromatic carbocycles. The van der Waals surface area contributed by atoms with Crippen molar-refractivity contribution in [3.8, 4) is 22.9 Å². The van der Waals surface area contributed by atoms with E-state index in [-0.39, 0.29) is 29.5 Å². The van der Waals surface area contributed by atoms with Gasteiger partial charge in [0.1, 0.15) is 18.2 Å². The molecule has 152 valence electrons. The standard InChI is InChI=1S/C17H11F3I2N4O2S/c18-14-11(6-5-10(21)13(14)15(23)24)27-7-12-25-16(26-29-12)8-1-3-9(4-2-8)28-17(19,20)22/h1-6H,7H2,(H3,23,24). The van der Waals surface area contributed by atoms with Gasteiger partial charge in [-0.25, -0.2) is 9.37 Å². The fraction of sp³-hybridized carbons (Fsp3) is 0.118. The minimum atomic E-state index is -3.30. The third-order valence-electron chi connectivity index (χ3n) is 3.49. The first kappa shape index (κ1) is 22.0. The van der Waals surface area contributed by atoms with Crippen LogP contribution in [0.3, 0.4) is 0 Å². The summed E-state index contributed by atoms with van der Waals surface area (Å²) in [5.41, 5.74) is 6.01. The molecule has 0 radical (unpaired) electrons. The van der Waals surface area contributed by atoms with Crippen LogP contribution in [0.25, 0.3) is 11.4 Å². The number of benzene rings is 2. The number of halogens is 5. The Morgan fingerprint density at radius 2 is 1.90 bits per heavy atom. The number of hydrogen-bond donors (Lipinski definition) is 2. The lowest BCUT2D eigenvalue weighted by atomic mass is 10.2. The predicted octanol–water partition coefficient (Wildman–Crippen LogP) is 5.18. The van der Waals surface area contributed by atoms with Gasteiger partial charge in [0.25, 0.3) is 0 Å². The molecule has 0 saturated heterocycles. The van der Waals surface area contributed by atoms with Gasteiger partial charge in [0.15, 0.2) is 22.4 Å². The van der Waals surface area contributed by atoms with Crippen LogP contribution >= 0.6 is 56.7 Å². The molecule has 12 heteroatoms. The van der Waals surface area contributed by atoms with E-state index in [2.05, 4.69) is 14.1 Å². The van der Waals surface area contributed by atoms with Gasteiger partial charge >= 0.3 is 4.12 Å². The lowest BCUT2D eigenvalue weighted by molar-refractivity contribution is -0.0691. The van der Waals surface area contributed by atoms with Crippen LogP contribution in [0.1, 0.15) is 10.6 Å². The van der Waals surface area contributed by atoms with Crippen LogP contribution in [-0.2, 0) is 6.61 Å². The second-order valence-electron chi connectivity index (χ2n) is 5.52. The van der Waals surface area contributed by atoms with Crippen LogP contribution in [0.4, 0.5) is 13.2 Å². The number of nitrogen functional groups attached to an aromatic ring is 1. The van der Waals surface area contributed by atoms with Crippen molar-refractivity contribution in [2.45, 2.75) is 10.7 Å². The number of nitrogens with one attached hydrogen (secondary N) is 1. The van der Waals surface area contributed by atoms with E-state index in [0.29, 0.717) is 20.0 Å². The third-order valence-corrected chi connectivity index (χ3v) is 5.29. The van der Waals surface area contributed by atoms with E-state index in [1.165, 1.54) is 18.2 Å². The fourth-order valence-electron chi connectivity index (χ4n) is 2.27. The number of alkyl halides is 3. The quantitative estimate of drug-likeness (QED) is 0.160. The Labute approximate surface area is 194 Å². The van der Waals surface area contributed by atoms with Crippen molar-refractivity contribution < 1.29 is 22.6 Å². The van der Waals surface area contributed by atoms with Crippen LogP contribution in [0.15, 0.2) is 36.4 Å². The molecule has 0 fully saturated rings. The molecule has 0 aliphatic rings. The van der Waals surface area contributed by atoms with E-state index in [4.69, 9.17) is 15.9 Å². The molecule has 0 unspecified atom stereocenters. The summed E-state index contributed by atoms with van der Waals surface area (Å²) in [7, 11) is 0. The summed E-state index contributed by atoms with van der Waals surface area (Å²) >= 11 is 3.85. The van der Waals surface area contributed by atoms with Crippen LogP contribution in [0, 0.1) is 14.8 Å². The molecule has 0 amide bonds. The second kappa shape index (κ2) is 8.99. The molecule has 0 spiro atoms. The number of aromatic nitrogens is 2. The van der Waals surface area contributed by atoms with Gasteiger partial charge in [0.2, 0.25) is 0 Å². The highest BCUT2D eigenvalue weighted by atomic mass is 127. The van der Waals surface area contributed by atoms with Gasteiger partial charge in [-0.05, 0) is 70.5 Å². The average molecular weight is 646 g/mol. The summed E-state index contributed by atoms with van der Waals surface area (Å²) in [6.45, 7) is -0.0330. The maximum Gasteiger partial charge on any atom is 0.451 e. The number of nitrogens with two attached hydrogens (primary N) is 1. The number of amidine groups is 1. The van der Waals surface area contributed by atoms with E-state index in [1.807, 2.05) is 22.6 Å². The van der Waals surface area contributed by atoms with Gasteiger partial charge in [-0.3, -0.25) is 5.41 Å². The third kappa shape index (κ3) is 5.69. The molecular formula is C17H11F3I2N4O2S. The molecule has 0 aliphatic carbocycles. The van der Waals surface area contributed by atoms with Crippen LogP contribution in [-0.4, -0.2) is 19.3 Å².